The lowest BCUT2D eigenvalue weighted by Crippen LogP contribution is -2.84. The Labute approximate surface area is 165 Å². The molecule has 1 aromatic carbocycles. The van der Waals surface area contributed by atoms with Gasteiger partial charge in [-0.3, -0.25) is 9.59 Å². The highest BCUT2D eigenvalue weighted by molar-refractivity contribution is 6.30. The smallest absolute Gasteiger partial charge is 0.258 e. The van der Waals surface area contributed by atoms with Gasteiger partial charge in [0.1, 0.15) is 12.4 Å². The minimum absolute atomic E-state index is 0.0946. The van der Waals surface area contributed by atoms with Crippen molar-refractivity contribution < 1.29 is 27.8 Å². The fourth-order valence-electron chi connectivity index (χ4n) is 4.31. The molecule has 0 atom stereocenters. The first-order chi connectivity index (χ1) is 13.2. The molecular weight excluding hydrogens is 394 g/mol. The van der Waals surface area contributed by atoms with E-state index in [1.165, 1.54) is 0 Å². The predicted octanol–water partition coefficient (Wildman–Crippen LogP) is 2.44. The molecule has 4 aliphatic rings. The first-order valence-corrected chi connectivity index (χ1v) is 9.54. The second-order valence-electron chi connectivity index (χ2n) is 8.13. The van der Waals surface area contributed by atoms with Gasteiger partial charge in [0.2, 0.25) is 5.91 Å². The van der Waals surface area contributed by atoms with E-state index in [1.807, 2.05) is 0 Å². The zero-order chi connectivity index (χ0) is 20.0. The summed E-state index contributed by atoms with van der Waals surface area (Å²) in [5.74, 6) is -2.62. The summed E-state index contributed by atoms with van der Waals surface area (Å²) >= 11 is 5.80. The number of halogens is 3. The highest BCUT2D eigenvalue weighted by atomic mass is 35.5. The number of nitrogens with one attached hydrogen (secondary N) is 2. The summed E-state index contributed by atoms with van der Waals surface area (Å²) in [7, 11) is 0. The molecule has 0 radical (unpaired) electrons. The number of alkyl halides is 2. The first kappa shape index (κ1) is 19.4. The molecule has 0 aromatic heterocycles. The maximum absolute atomic E-state index is 12.7. The molecule has 4 aliphatic carbocycles. The molecule has 28 heavy (non-hydrogen) atoms. The van der Waals surface area contributed by atoms with E-state index in [-0.39, 0.29) is 48.9 Å². The summed E-state index contributed by atoms with van der Waals surface area (Å²) in [6, 6.07) is 6.74. The number of benzene rings is 1. The molecule has 4 saturated carbocycles. The summed E-state index contributed by atoms with van der Waals surface area (Å²) < 4.78 is 36.1. The summed E-state index contributed by atoms with van der Waals surface area (Å²) in [5.41, 5.74) is -0.598. The second kappa shape index (κ2) is 6.84. The van der Waals surface area contributed by atoms with Crippen molar-refractivity contribution in [2.24, 2.45) is 0 Å². The molecule has 0 saturated heterocycles. The van der Waals surface area contributed by atoms with Gasteiger partial charge in [0.05, 0.1) is 6.10 Å². The summed E-state index contributed by atoms with van der Waals surface area (Å²) in [4.78, 5) is 24.0. The minimum Gasteiger partial charge on any atom is -0.484 e. The van der Waals surface area contributed by atoms with Gasteiger partial charge in [-0.25, -0.2) is 8.78 Å². The third-order valence-corrected chi connectivity index (χ3v) is 5.78. The van der Waals surface area contributed by atoms with Crippen LogP contribution in [0.5, 0.6) is 5.75 Å². The van der Waals surface area contributed by atoms with Gasteiger partial charge in [-0.05, 0) is 43.5 Å². The SMILES string of the molecule is O=C(COc1ccc(Cl)cc1)NC12CC(NC(=O)COC3CC(F)(F)C3)(C1)C2. The monoisotopic (exact) mass is 414 g/mol. The molecule has 2 amide bonds. The number of carbonyl (C=O) groups excluding carboxylic acids is 2. The van der Waals surface area contributed by atoms with Crippen LogP contribution in [-0.4, -0.2) is 48.1 Å². The number of rotatable bonds is 8. The van der Waals surface area contributed by atoms with Crippen LogP contribution in [0.25, 0.3) is 0 Å². The second-order valence-corrected chi connectivity index (χ2v) is 8.56. The van der Waals surface area contributed by atoms with Crippen molar-refractivity contribution >= 4 is 23.4 Å². The Kier molecular flexibility index (Phi) is 4.74. The molecule has 0 heterocycles. The average molecular weight is 415 g/mol. The maximum Gasteiger partial charge on any atom is 0.258 e. The Hall–Kier alpha value is -1.93. The van der Waals surface area contributed by atoms with E-state index in [2.05, 4.69) is 10.6 Å². The van der Waals surface area contributed by atoms with E-state index >= 15 is 0 Å². The van der Waals surface area contributed by atoms with Crippen molar-refractivity contribution in [1.82, 2.24) is 10.6 Å². The Balaban J connectivity index is 1.13. The van der Waals surface area contributed by atoms with E-state index in [4.69, 9.17) is 21.1 Å². The lowest BCUT2D eigenvalue weighted by atomic mass is 9.44. The van der Waals surface area contributed by atoms with Crippen LogP contribution >= 0.6 is 11.6 Å². The van der Waals surface area contributed by atoms with E-state index in [0.29, 0.717) is 30.0 Å². The van der Waals surface area contributed by atoms with Crippen molar-refractivity contribution in [2.75, 3.05) is 13.2 Å². The maximum atomic E-state index is 12.7. The molecule has 2 N–H and O–H groups in total. The van der Waals surface area contributed by atoms with E-state index in [9.17, 15) is 18.4 Å². The molecule has 5 rings (SSSR count). The molecule has 0 spiro atoms. The van der Waals surface area contributed by atoms with Crippen LogP contribution in [0.2, 0.25) is 5.02 Å². The van der Waals surface area contributed by atoms with Crippen LogP contribution in [0.1, 0.15) is 32.1 Å². The van der Waals surface area contributed by atoms with Crippen molar-refractivity contribution in [2.45, 2.75) is 55.2 Å². The Bertz CT molecular complexity index is 759. The average Bonchev–Trinajstić information content (AvgIpc) is 2.54. The van der Waals surface area contributed by atoms with Gasteiger partial charge < -0.3 is 20.1 Å². The number of hydrogen-bond acceptors (Lipinski definition) is 4. The number of ether oxygens (including phenoxy) is 2. The van der Waals surface area contributed by atoms with E-state index < -0.39 is 12.0 Å². The summed E-state index contributed by atoms with van der Waals surface area (Å²) in [6.45, 7) is -0.306. The molecule has 4 fully saturated rings. The molecule has 0 unspecified atom stereocenters. The van der Waals surface area contributed by atoms with Crippen LogP contribution in [0.15, 0.2) is 24.3 Å². The Morgan fingerprint density at radius 1 is 1.00 bits per heavy atom. The zero-order valence-corrected chi connectivity index (χ0v) is 15.9. The lowest BCUT2D eigenvalue weighted by molar-refractivity contribution is -0.175. The fourth-order valence-corrected chi connectivity index (χ4v) is 4.44. The van der Waals surface area contributed by atoms with E-state index in [0.717, 1.165) is 0 Å². The van der Waals surface area contributed by atoms with Crippen molar-refractivity contribution in [3.05, 3.63) is 29.3 Å². The van der Waals surface area contributed by atoms with Crippen molar-refractivity contribution in [1.29, 1.82) is 0 Å². The zero-order valence-electron chi connectivity index (χ0n) is 15.1. The third-order valence-electron chi connectivity index (χ3n) is 5.53. The summed E-state index contributed by atoms with van der Waals surface area (Å²) in [6.07, 6.45) is 0.775. The van der Waals surface area contributed by atoms with Gasteiger partial charge in [0.15, 0.2) is 6.61 Å². The molecule has 1 aromatic rings. The van der Waals surface area contributed by atoms with Crippen LogP contribution in [-0.2, 0) is 14.3 Å². The number of hydrogen-bond donors (Lipinski definition) is 2. The highest BCUT2D eigenvalue weighted by Gasteiger charge is 2.69. The van der Waals surface area contributed by atoms with Gasteiger partial charge in [0, 0.05) is 28.9 Å². The number of amides is 2. The highest BCUT2D eigenvalue weighted by Crippen LogP contribution is 2.60. The molecule has 2 bridgehead atoms. The van der Waals surface area contributed by atoms with Gasteiger partial charge >= 0.3 is 0 Å². The molecule has 6 nitrogen and oxygen atoms in total. The molecule has 0 aliphatic heterocycles. The van der Waals surface area contributed by atoms with E-state index in [1.54, 1.807) is 24.3 Å². The Morgan fingerprint density at radius 2 is 1.54 bits per heavy atom. The number of carbonyl (C=O) groups is 2. The van der Waals surface area contributed by atoms with Crippen LogP contribution in [0.4, 0.5) is 8.78 Å². The topological polar surface area (TPSA) is 76.7 Å². The molecule has 152 valence electrons. The third kappa shape index (κ3) is 4.07. The van der Waals surface area contributed by atoms with Gasteiger partial charge in [-0.2, -0.15) is 0 Å². The quantitative estimate of drug-likeness (QED) is 0.685. The van der Waals surface area contributed by atoms with Gasteiger partial charge in [-0.1, -0.05) is 11.6 Å². The Morgan fingerprint density at radius 3 is 2.07 bits per heavy atom. The fraction of sp³-hybridized carbons (Fsp3) is 0.579. The van der Waals surface area contributed by atoms with Crippen LogP contribution in [0, 0.1) is 0 Å². The first-order valence-electron chi connectivity index (χ1n) is 9.17. The molecule has 9 heteroatoms. The largest absolute Gasteiger partial charge is 0.484 e. The van der Waals surface area contributed by atoms with Gasteiger partial charge in [-0.15, -0.1) is 0 Å². The lowest BCUT2D eigenvalue weighted by Gasteiger charge is -2.70. The summed E-state index contributed by atoms with van der Waals surface area (Å²) in [5, 5.41) is 6.45. The normalized spacial score (nSPS) is 29.7. The van der Waals surface area contributed by atoms with Crippen LogP contribution < -0.4 is 15.4 Å². The van der Waals surface area contributed by atoms with Crippen LogP contribution in [0.3, 0.4) is 0 Å². The van der Waals surface area contributed by atoms with Crippen molar-refractivity contribution in [3.63, 3.8) is 0 Å². The predicted molar refractivity (Wildman–Crippen MR) is 96.5 cm³/mol. The van der Waals surface area contributed by atoms with Gasteiger partial charge in [0.25, 0.3) is 11.8 Å². The minimum atomic E-state index is -2.66. The van der Waals surface area contributed by atoms with Crippen molar-refractivity contribution in [3.8, 4) is 5.75 Å². The molecular formula is C19H21ClF2N2O4. The standard InChI is InChI=1S/C19H21ClF2N2O4/c20-12-1-3-13(4-2-12)27-7-15(25)23-17-9-18(10-17,11-17)24-16(26)8-28-14-5-19(21,22)6-14/h1-4,14H,5-11H2,(H,23,25)(H,24,26).